The molecule has 0 aliphatic heterocycles. The van der Waals surface area contributed by atoms with Crippen LogP contribution < -0.4 is 14.4 Å². The summed E-state index contributed by atoms with van der Waals surface area (Å²) < 4.78 is 33.7. The monoisotopic (exact) mass is 427 g/mol. The van der Waals surface area contributed by atoms with Gasteiger partial charge in [0.25, 0.3) is 10.0 Å². The van der Waals surface area contributed by atoms with Crippen LogP contribution in [0.2, 0.25) is 0 Å². The van der Waals surface area contributed by atoms with Crippen molar-refractivity contribution in [2.24, 2.45) is 0 Å². The Balaban J connectivity index is 2.10. The zero-order valence-corrected chi connectivity index (χ0v) is 18.2. The van der Waals surface area contributed by atoms with E-state index < -0.39 is 21.5 Å². The van der Waals surface area contributed by atoms with Gasteiger partial charge in [0.2, 0.25) is 5.91 Å². The minimum Gasteiger partial charge on any atom is -0.497 e. The van der Waals surface area contributed by atoms with Crippen LogP contribution in [0.15, 0.2) is 65.8 Å². The normalized spacial score (nSPS) is 11.9. The third-order valence-electron chi connectivity index (χ3n) is 4.37. The molecule has 7 nitrogen and oxygen atoms in total. The molecule has 0 saturated heterocycles. The van der Waals surface area contributed by atoms with Crippen molar-refractivity contribution in [2.75, 3.05) is 18.0 Å². The number of ether oxygens (including phenoxy) is 1. The van der Waals surface area contributed by atoms with Crippen LogP contribution in [-0.4, -0.2) is 38.5 Å². The number of anilines is 1. The van der Waals surface area contributed by atoms with E-state index in [4.69, 9.17) is 4.74 Å². The molecule has 0 unspecified atom stereocenters. The van der Waals surface area contributed by atoms with Crippen molar-refractivity contribution < 1.29 is 17.9 Å². The van der Waals surface area contributed by atoms with Crippen LogP contribution in [0.25, 0.3) is 10.8 Å². The van der Waals surface area contributed by atoms with Gasteiger partial charge in [0.05, 0.1) is 17.7 Å². The topological polar surface area (TPSA) is 88.6 Å². The van der Waals surface area contributed by atoms with E-state index in [0.29, 0.717) is 22.2 Å². The van der Waals surface area contributed by atoms with Gasteiger partial charge in [-0.15, -0.1) is 0 Å². The summed E-state index contributed by atoms with van der Waals surface area (Å²) in [5.41, 5.74) is -0.122. The van der Waals surface area contributed by atoms with Gasteiger partial charge < -0.3 is 10.1 Å². The zero-order chi connectivity index (χ0) is 21.9. The first kappa shape index (κ1) is 21.6. The maximum absolute atomic E-state index is 13.7. The number of hydrogen-bond donors (Lipinski definition) is 1. The highest BCUT2D eigenvalue weighted by molar-refractivity contribution is 7.93. The van der Waals surface area contributed by atoms with Crippen molar-refractivity contribution >= 4 is 32.4 Å². The molecule has 0 radical (unpaired) electrons. The van der Waals surface area contributed by atoms with Crippen molar-refractivity contribution in [2.45, 2.75) is 31.2 Å². The molecule has 0 aliphatic carbocycles. The predicted octanol–water partition coefficient (Wildman–Crippen LogP) is 3.35. The molecule has 1 N–H and O–H groups in total. The number of carbonyl (C=O) groups is 1. The van der Waals surface area contributed by atoms with Crippen molar-refractivity contribution in [1.82, 2.24) is 10.3 Å². The van der Waals surface area contributed by atoms with Gasteiger partial charge in [0, 0.05) is 28.7 Å². The Morgan fingerprint density at radius 1 is 1.10 bits per heavy atom. The van der Waals surface area contributed by atoms with Gasteiger partial charge in [-0.3, -0.25) is 14.1 Å². The summed E-state index contributed by atoms with van der Waals surface area (Å²) in [7, 11) is -2.51. The molecule has 0 atom stereocenters. The zero-order valence-electron chi connectivity index (χ0n) is 17.4. The second kappa shape index (κ2) is 8.31. The van der Waals surface area contributed by atoms with Crippen molar-refractivity contribution in [1.29, 1.82) is 0 Å². The van der Waals surface area contributed by atoms with Gasteiger partial charge >= 0.3 is 0 Å². The first-order valence-corrected chi connectivity index (χ1v) is 10.9. The quantitative estimate of drug-likeness (QED) is 0.652. The second-order valence-electron chi connectivity index (χ2n) is 7.86. The molecular weight excluding hydrogens is 402 g/mol. The lowest BCUT2D eigenvalue weighted by atomic mass is 10.1. The molecule has 1 aromatic heterocycles. The SMILES string of the molecule is COc1ccc(N(CC(=O)NC(C)(C)C)S(=O)(=O)c2cccc3cnccc23)cc1. The van der Waals surface area contributed by atoms with Crippen LogP contribution >= 0.6 is 0 Å². The van der Waals surface area contributed by atoms with Crippen LogP contribution in [0, 0.1) is 0 Å². The molecule has 1 amide bonds. The Hall–Kier alpha value is -3.13. The first-order valence-electron chi connectivity index (χ1n) is 9.42. The van der Waals surface area contributed by atoms with E-state index >= 15 is 0 Å². The first-order chi connectivity index (χ1) is 14.1. The van der Waals surface area contributed by atoms with Gasteiger partial charge in [-0.2, -0.15) is 0 Å². The summed E-state index contributed by atoms with van der Waals surface area (Å²) >= 11 is 0. The molecule has 0 bridgehead atoms. The number of nitrogens with one attached hydrogen (secondary N) is 1. The summed E-state index contributed by atoms with van der Waals surface area (Å²) in [5, 5.41) is 4.07. The van der Waals surface area contributed by atoms with Crippen LogP contribution in [-0.2, 0) is 14.8 Å². The largest absolute Gasteiger partial charge is 0.497 e. The number of benzene rings is 2. The standard InChI is InChI=1S/C22H25N3O4S/c1-22(2,3)24-21(26)15-25(17-8-10-18(29-4)11-9-17)30(27,28)20-7-5-6-16-14-23-13-12-19(16)20/h5-14H,15H2,1-4H3,(H,24,26). The number of methoxy groups -OCH3 is 1. The summed E-state index contributed by atoms with van der Waals surface area (Å²) in [6.07, 6.45) is 3.16. The number of nitrogens with zero attached hydrogens (tertiary/aromatic N) is 2. The maximum Gasteiger partial charge on any atom is 0.265 e. The van der Waals surface area contributed by atoms with Crippen molar-refractivity contribution in [3.05, 3.63) is 60.9 Å². The van der Waals surface area contributed by atoms with Crippen LogP contribution in [0.1, 0.15) is 20.8 Å². The Morgan fingerprint density at radius 3 is 2.43 bits per heavy atom. The number of hydrogen-bond acceptors (Lipinski definition) is 5. The molecule has 158 valence electrons. The number of aromatic nitrogens is 1. The summed E-state index contributed by atoms with van der Waals surface area (Å²) in [5.74, 6) is 0.190. The molecular formula is C22H25N3O4S. The maximum atomic E-state index is 13.7. The van der Waals surface area contributed by atoms with E-state index in [1.807, 2.05) is 20.8 Å². The Bertz CT molecular complexity index is 1150. The van der Waals surface area contributed by atoms with E-state index in [-0.39, 0.29) is 11.4 Å². The highest BCUT2D eigenvalue weighted by atomic mass is 32.2. The Labute approximate surface area is 176 Å². The summed E-state index contributed by atoms with van der Waals surface area (Å²) in [6, 6.07) is 13.2. The third-order valence-corrected chi connectivity index (χ3v) is 6.20. The third kappa shape index (κ3) is 4.71. The predicted molar refractivity (Wildman–Crippen MR) is 117 cm³/mol. The molecule has 2 aromatic carbocycles. The van der Waals surface area contributed by atoms with Gasteiger partial charge in [-0.05, 0) is 57.2 Å². The fourth-order valence-corrected chi connectivity index (χ4v) is 4.73. The molecule has 30 heavy (non-hydrogen) atoms. The lowest BCUT2D eigenvalue weighted by Gasteiger charge is -2.27. The molecule has 1 heterocycles. The minimum atomic E-state index is -4.05. The van der Waals surface area contributed by atoms with Gasteiger partial charge in [0.1, 0.15) is 12.3 Å². The Morgan fingerprint density at radius 2 is 1.80 bits per heavy atom. The second-order valence-corrected chi connectivity index (χ2v) is 9.69. The van der Waals surface area contributed by atoms with E-state index in [1.165, 1.54) is 13.2 Å². The smallest absolute Gasteiger partial charge is 0.265 e. The van der Waals surface area contributed by atoms with Gasteiger partial charge in [0.15, 0.2) is 0 Å². The lowest BCUT2D eigenvalue weighted by molar-refractivity contribution is -0.121. The average Bonchev–Trinajstić information content (AvgIpc) is 2.70. The van der Waals surface area contributed by atoms with Crippen LogP contribution in [0.4, 0.5) is 5.69 Å². The molecule has 8 heteroatoms. The van der Waals surface area contributed by atoms with Crippen molar-refractivity contribution in [3.8, 4) is 5.75 Å². The molecule has 3 rings (SSSR count). The number of amides is 1. The van der Waals surface area contributed by atoms with Gasteiger partial charge in [-0.25, -0.2) is 8.42 Å². The van der Waals surface area contributed by atoms with E-state index in [9.17, 15) is 13.2 Å². The number of pyridine rings is 1. The number of sulfonamides is 1. The molecule has 0 fully saturated rings. The van der Waals surface area contributed by atoms with E-state index in [1.54, 1.807) is 54.9 Å². The van der Waals surface area contributed by atoms with E-state index in [2.05, 4.69) is 10.3 Å². The average molecular weight is 428 g/mol. The summed E-state index contributed by atoms with van der Waals surface area (Å²) in [6.45, 7) is 5.17. The molecule has 0 saturated carbocycles. The molecule has 3 aromatic rings. The highest BCUT2D eigenvalue weighted by Gasteiger charge is 2.29. The number of rotatable bonds is 6. The lowest BCUT2D eigenvalue weighted by Crippen LogP contribution is -2.47. The molecule has 0 aliphatic rings. The fraction of sp³-hybridized carbons (Fsp3) is 0.273. The summed E-state index contributed by atoms with van der Waals surface area (Å²) in [4.78, 5) is 16.8. The number of fused-ring (bicyclic) bond motifs is 1. The highest BCUT2D eigenvalue weighted by Crippen LogP contribution is 2.29. The van der Waals surface area contributed by atoms with Crippen LogP contribution in [0.5, 0.6) is 5.75 Å². The van der Waals surface area contributed by atoms with Crippen molar-refractivity contribution in [3.63, 3.8) is 0 Å². The Kier molecular flexibility index (Phi) is 5.98. The number of carbonyl (C=O) groups excluding carboxylic acids is 1. The van der Waals surface area contributed by atoms with Crippen LogP contribution in [0.3, 0.4) is 0 Å². The van der Waals surface area contributed by atoms with Gasteiger partial charge in [-0.1, -0.05) is 12.1 Å². The minimum absolute atomic E-state index is 0.113. The fourth-order valence-electron chi connectivity index (χ4n) is 3.09. The van der Waals surface area contributed by atoms with E-state index in [0.717, 1.165) is 4.31 Å². The molecule has 0 spiro atoms.